The van der Waals surface area contributed by atoms with Gasteiger partial charge in [0.15, 0.2) is 0 Å². The second-order valence-electron chi connectivity index (χ2n) is 2.87. The van der Waals surface area contributed by atoms with Crippen molar-refractivity contribution in [1.82, 2.24) is 0 Å². The number of ether oxygens (including phenoxy) is 1. The maximum atomic E-state index is 11.0. The molecule has 1 heterocycles. The van der Waals surface area contributed by atoms with E-state index in [4.69, 9.17) is 4.74 Å². The normalized spacial score (nSPS) is 45.3. The number of alkyl halides is 1. The molecule has 0 aromatic carbocycles. The number of hydrogen-bond acceptors (Lipinski definition) is 3. The molecule has 0 saturated carbocycles. The molecule has 1 saturated heterocycles. The zero-order chi connectivity index (χ0) is 8.59. The molecule has 0 amide bonds. The van der Waals surface area contributed by atoms with Gasteiger partial charge in [-0.1, -0.05) is 22.6 Å². The lowest BCUT2D eigenvalue weighted by Crippen LogP contribution is -2.47. The van der Waals surface area contributed by atoms with Crippen molar-refractivity contribution < 1.29 is 14.6 Å². The monoisotopic (exact) mass is 270 g/mol. The highest BCUT2D eigenvalue weighted by Gasteiger charge is 2.39. The van der Waals surface area contributed by atoms with Crippen molar-refractivity contribution in [3.63, 3.8) is 0 Å². The summed E-state index contributed by atoms with van der Waals surface area (Å²) in [7, 11) is 0. The average Bonchev–Trinajstić information content (AvgIpc) is 1.97. The molecule has 1 aliphatic rings. The van der Waals surface area contributed by atoms with E-state index in [0.717, 1.165) is 0 Å². The van der Waals surface area contributed by atoms with Crippen LogP contribution in [-0.2, 0) is 9.53 Å². The first kappa shape index (κ1) is 9.25. The van der Waals surface area contributed by atoms with E-state index in [0.29, 0.717) is 0 Å². The molecule has 0 aromatic heterocycles. The summed E-state index contributed by atoms with van der Waals surface area (Å²) < 4.78 is 4.99. The van der Waals surface area contributed by atoms with Crippen molar-refractivity contribution in [1.29, 1.82) is 0 Å². The Labute approximate surface area is 79.3 Å². The standard InChI is InChI=1S/C7H11IO3/c1-3-6(9)5(8)4(2)11-7(3)10/h3-6,9H,1-2H3/t3?,4-,5?,6-/m1/s1. The fraction of sp³-hybridized carbons (Fsp3) is 0.857. The molecular weight excluding hydrogens is 259 g/mol. The van der Waals surface area contributed by atoms with Crippen LogP contribution < -0.4 is 0 Å². The number of aliphatic hydroxyl groups is 1. The van der Waals surface area contributed by atoms with Gasteiger partial charge in [-0.2, -0.15) is 0 Å². The number of hydrogen-bond donors (Lipinski definition) is 1. The van der Waals surface area contributed by atoms with Crippen LogP contribution in [0.25, 0.3) is 0 Å². The molecule has 1 fully saturated rings. The van der Waals surface area contributed by atoms with Crippen LogP contribution in [0.2, 0.25) is 0 Å². The zero-order valence-corrected chi connectivity index (χ0v) is 8.61. The third-order valence-electron chi connectivity index (χ3n) is 1.96. The molecule has 11 heavy (non-hydrogen) atoms. The van der Waals surface area contributed by atoms with Crippen molar-refractivity contribution in [2.75, 3.05) is 0 Å². The van der Waals surface area contributed by atoms with Gasteiger partial charge in [0.25, 0.3) is 0 Å². The van der Waals surface area contributed by atoms with Gasteiger partial charge in [-0.25, -0.2) is 0 Å². The zero-order valence-electron chi connectivity index (χ0n) is 6.45. The topological polar surface area (TPSA) is 46.5 Å². The largest absolute Gasteiger partial charge is 0.461 e. The van der Waals surface area contributed by atoms with E-state index in [-0.39, 0.29) is 21.9 Å². The van der Waals surface area contributed by atoms with Crippen LogP contribution in [0.1, 0.15) is 13.8 Å². The van der Waals surface area contributed by atoms with E-state index in [1.165, 1.54) is 0 Å². The number of carbonyl (C=O) groups excluding carboxylic acids is 1. The van der Waals surface area contributed by atoms with Crippen LogP contribution >= 0.6 is 22.6 Å². The van der Waals surface area contributed by atoms with Gasteiger partial charge in [-0.15, -0.1) is 0 Å². The molecule has 64 valence electrons. The predicted octanol–water partition coefficient (Wildman–Crippen LogP) is 0.732. The minimum Gasteiger partial charge on any atom is -0.461 e. The first-order chi connectivity index (χ1) is 5.04. The highest BCUT2D eigenvalue weighted by molar-refractivity contribution is 14.1. The Bertz CT molecular complexity index is 171. The van der Waals surface area contributed by atoms with Crippen LogP contribution in [0.15, 0.2) is 0 Å². The second-order valence-corrected chi connectivity index (χ2v) is 4.30. The van der Waals surface area contributed by atoms with Crippen LogP contribution in [0.5, 0.6) is 0 Å². The molecule has 1 aliphatic heterocycles. The summed E-state index contributed by atoms with van der Waals surface area (Å²) in [5.41, 5.74) is 0. The van der Waals surface area contributed by atoms with Gasteiger partial charge in [-0.05, 0) is 13.8 Å². The molecule has 4 heteroatoms. The van der Waals surface area contributed by atoms with Crippen molar-refractivity contribution in [3.8, 4) is 0 Å². The predicted molar refractivity (Wildman–Crippen MR) is 48.5 cm³/mol. The molecule has 0 aliphatic carbocycles. The summed E-state index contributed by atoms with van der Waals surface area (Å²) in [6, 6.07) is 0. The van der Waals surface area contributed by atoms with Crippen molar-refractivity contribution >= 4 is 28.6 Å². The minimum absolute atomic E-state index is 0.0142. The van der Waals surface area contributed by atoms with Crippen molar-refractivity contribution in [3.05, 3.63) is 0 Å². The molecule has 0 aromatic rings. The SMILES string of the molecule is CC1C(=O)O[C@H](C)C(I)[C@@H]1O. The minimum atomic E-state index is -0.563. The molecule has 3 nitrogen and oxygen atoms in total. The second kappa shape index (κ2) is 3.26. The van der Waals surface area contributed by atoms with E-state index in [2.05, 4.69) is 22.6 Å². The lowest BCUT2D eigenvalue weighted by molar-refractivity contribution is -0.165. The Balaban J connectivity index is 2.70. The number of halogens is 1. The fourth-order valence-electron chi connectivity index (χ4n) is 1.05. The third kappa shape index (κ3) is 1.66. The van der Waals surface area contributed by atoms with Crippen LogP contribution in [0, 0.1) is 5.92 Å². The van der Waals surface area contributed by atoms with E-state index in [9.17, 15) is 9.90 Å². The maximum Gasteiger partial charge on any atom is 0.311 e. The smallest absolute Gasteiger partial charge is 0.311 e. The number of esters is 1. The van der Waals surface area contributed by atoms with E-state index < -0.39 is 6.10 Å². The van der Waals surface area contributed by atoms with Crippen LogP contribution in [-0.4, -0.2) is 27.2 Å². The van der Waals surface area contributed by atoms with E-state index in [1.807, 2.05) is 0 Å². The Morgan fingerprint density at radius 1 is 1.55 bits per heavy atom. The molecule has 1 rings (SSSR count). The van der Waals surface area contributed by atoms with Gasteiger partial charge in [0.2, 0.25) is 0 Å². The lowest BCUT2D eigenvalue weighted by Gasteiger charge is -2.32. The summed E-state index contributed by atoms with van der Waals surface area (Å²) in [5, 5.41) is 9.48. The van der Waals surface area contributed by atoms with E-state index >= 15 is 0 Å². The third-order valence-corrected chi connectivity index (χ3v) is 3.71. The summed E-state index contributed by atoms with van der Waals surface area (Å²) >= 11 is 2.11. The van der Waals surface area contributed by atoms with Gasteiger partial charge in [0.05, 0.1) is 15.9 Å². The summed E-state index contributed by atoms with van der Waals surface area (Å²) in [5.74, 6) is -0.675. The molecule has 2 unspecified atom stereocenters. The molecule has 4 atom stereocenters. The van der Waals surface area contributed by atoms with Crippen molar-refractivity contribution in [2.45, 2.75) is 30.0 Å². The van der Waals surface area contributed by atoms with Gasteiger partial charge >= 0.3 is 5.97 Å². The first-order valence-corrected chi connectivity index (χ1v) is 4.81. The Morgan fingerprint density at radius 3 is 2.64 bits per heavy atom. The highest BCUT2D eigenvalue weighted by Crippen LogP contribution is 2.26. The molecule has 0 spiro atoms. The van der Waals surface area contributed by atoms with Crippen LogP contribution in [0.4, 0.5) is 0 Å². The summed E-state index contributed by atoms with van der Waals surface area (Å²) in [6.45, 7) is 3.48. The first-order valence-electron chi connectivity index (χ1n) is 3.56. The fourth-order valence-corrected chi connectivity index (χ4v) is 1.82. The van der Waals surface area contributed by atoms with Gasteiger partial charge in [0, 0.05) is 0 Å². The van der Waals surface area contributed by atoms with Gasteiger partial charge in [-0.3, -0.25) is 4.79 Å². The Hall–Kier alpha value is 0.160. The summed E-state index contributed by atoms with van der Waals surface area (Å²) in [6.07, 6.45) is -0.735. The average molecular weight is 270 g/mol. The highest BCUT2D eigenvalue weighted by atomic mass is 127. The lowest BCUT2D eigenvalue weighted by atomic mass is 9.97. The van der Waals surface area contributed by atoms with Gasteiger partial charge < -0.3 is 9.84 Å². The number of carbonyl (C=O) groups is 1. The maximum absolute atomic E-state index is 11.0. The Kier molecular flexibility index (Phi) is 2.74. The van der Waals surface area contributed by atoms with Gasteiger partial charge in [0.1, 0.15) is 6.10 Å². The molecular formula is C7H11IO3. The number of aliphatic hydroxyl groups excluding tert-OH is 1. The number of cyclic esters (lactones) is 1. The molecule has 0 radical (unpaired) electrons. The van der Waals surface area contributed by atoms with Crippen LogP contribution in [0.3, 0.4) is 0 Å². The quantitative estimate of drug-likeness (QED) is 0.401. The number of rotatable bonds is 0. The summed E-state index contributed by atoms with van der Waals surface area (Å²) in [4.78, 5) is 11.0. The molecule has 0 bridgehead atoms. The van der Waals surface area contributed by atoms with Crippen molar-refractivity contribution in [2.24, 2.45) is 5.92 Å². The Morgan fingerprint density at radius 2 is 2.09 bits per heavy atom. The molecule has 1 N–H and O–H groups in total. The van der Waals surface area contributed by atoms with E-state index in [1.54, 1.807) is 13.8 Å².